The van der Waals surface area contributed by atoms with Crippen LogP contribution in [-0.4, -0.2) is 52.0 Å². The van der Waals surface area contributed by atoms with E-state index in [9.17, 15) is 13.2 Å². The van der Waals surface area contributed by atoms with Gasteiger partial charge in [0.2, 0.25) is 0 Å². The first-order valence-electron chi connectivity index (χ1n) is 5.42. The molecule has 0 bridgehead atoms. The highest BCUT2D eigenvalue weighted by Crippen LogP contribution is 1.99. The van der Waals surface area contributed by atoms with Crippen molar-refractivity contribution < 1.29 is 18.3 Å². The third-order valence-electron chi connectivity index (χ3n) is 2.40. The molecule has 0 radical (unpaired) electrons. The van der Waals surface area contributed by atoms with Crippen LogP contribution in [0.2, 0.25) is 0 Å². The van der Waals surface area contributed by atoms with Crippen molar-refractivity contribution in [1.29, 1.82) is 0 Å². The molecule has 0 saturated heterocycles. The average molecular weight is 276 g/mol. The Kier molecular flexibility index (Phi) is 4.79. The average Bonchev–Trinajstić information content (AvgIpc) is 2.74. The van der Waals surface area contributed by atoms with Gasteiger partial charge in [-0.2, -0.15) is 0 Å². The van der Waals surface area contributed by atoms with Crippen LogP contribution in [0.3, 0.4) is 0 Å². The Balaban J connectivity index is 2.56. The second-order valence-corrected chi connectivity index (χ2v) is 6.33. The van der Waals surface area contributed by atoms with Gasteiger partial charge in [0.15, 0.2) is 9.84 Å². The molecule has 1 aromatic heterocycles. The highest BCUT2D eigenvalue weighted by molar-refractivity contribution is 7.91. The number of carboxylic acid groups (broad SMARTS) is 1. The number of aromatic nitrogens is 3. The predicted octanol–water partition coefficient (Wildman–Crippen LogP) is -1.33. The fourth-order valence-corrected chi connectivity index (χ4v) is 1.98. The second-order valence-electron chi connectivity index (χ2n) is 3.86. The fraction of sp³-hybridized carbons (Fsp3) is 0.667. The van der Waals surface area contributed by atoms with E-state index in [0.29, 0.717) is 5.69 Å². The normalized spacial score (nSPS) is 13.4. The molecular formula is C9H16N4O4S. The lowest BCUT2D eigenvalue weighted by Gasteiger charge is -2.02. The molecule has 0 amide bonds. The number of nitrogens with two attached hydrogens (primary N) is 1. The zero-order valence-electron chi connectivity index (χ0n) is 9.98. The molecule has 18 heavy (non-hydrogen) atoms. The number of aliphatic carboxylic acids is 1. The van der Waals surface area contributed by atoms with Crippen LogP contribution < -0.4 is 5.73 Å². The number of sulfone groups is 1. The van der Waals surface area contributed by atoms with Crippen molar-refractivity contribution in [3.05, 3.63) is 11.9 Å². The zero-order valence-corrected chi connectivity index (χ0v) is 10.8. The molecule has 1 heterocycles. The molecule has 1 unspecified atom stereocenters. The van der Waals surface area contributed by atoms with Crippen molar-refractivity contribution in [2.75, 3.05) is 11.5 Å². The van der Waals surface area contributed by atoms with Gasteiger partial charge < -0.3 is 10.8 Å². The Morgan fingerprint density at radius 1 is 1.61 bits per heavy atom. The van der Waals surface area contributed by atoms with Crippen LogP contribution in [0.4, 0.5) is 0 Å². The number of aryl methyl sites for hydroxylation is 1. The van der Waals surface area contributed by atoms with Gasteiger partial charge in [-0.3, -0.25) is 9.48 Å². The van der Waals surface area contributed by atoms with Gasteiger partial charge in [0, 0.05) is 18.4 Å². The van der Waals surface area contributed by atoms with Crippen LogP contribution in [-0.2, 0) is 27.6 Å². The Bertz CT molecular complexity index is 510. The van der Waals surface area contributed by atoms with E-state index in [1.165, 1.54) is 10.9 Å². The molecule has 8 nitrogen and oxygen atoms in total. The maximum Gasteiger partial charge on any atom is 0.320 e. The van der Waals surface area contributed by atoms with Crippen molar-refractivity contribution in [1.82, 2.24) is 15.0 Å². The molecule has 0 aliphatic carbocycles. The van der Waals surface area contributed by atoms with Gasteiger partial charge in [-0.25, -0.2) is 8.42 Å². The van der Waals surface area contributed by atoms with E-state index in [1.807, 2.05) is 0 Å². The quantitative estimate of drug-likeness (QED) is 0.631. The van der Waals surface area contributed by atoms with Crippen molar-refractivity contribution in [2.24, 2.45) is 5.73 Å². The monoisotopic (exact) mass is 276 g/mol. The Hall–Kier alpha value is -1.48. The summed E-state index contributed by atoms with van der Waals surface area (Å²) in [5.74, 6) is -1.05. The standard InChI is InChI=1S/C9H16N4O4S/c1-2-18(16,17)4-3-13-6-7(11-12-13)5-8(10)9(14)15/h6,8H,2-5,10H2,1H3,(H,14,15). The van der Waals surface area contributed by atoms with E-state index in [2.05, 4.69) is 10.3 Å². The summed E-state index contributed by atoms with van der Waals surface area (Å²) in [6.45, 7) is 1.78. The maximum atomic E-state index is 11.3. The number of carboxylic acids is 1. The van der Waals surface area contributed by atoms with Gasteiger partial charge in [-0.15, -0.1) is 5.10 Å². The molecule has 0 aliphatic rings. The summed E-state index contributed by atoms with van der Waals surface area (Å²) in [4.78, 5) is 10.5. The third-order valence-corrected chi connectivity index (χ3v) is 4.09. The van der Waals surface area contributed by atoms with Crippen molar-refractivity contribution in [3.63, 3.8) is 0 Å². The van der Waals surface area contributed by atoms with E-state index >= 15 is 0 Å². The first-order valence-corrected chi connectivity index (χ1v) is 7.24. The van der Waals surface area contributed by atoms with E-state index in [1.54, 1.807) is 6.92 Å². The van der Waals surface area contributed by atoms with Gasteiger partial charge in [-0.1, -0.05) is 12.1 Å². The summed E-state index contributed by atoms with van der Waals surface area (Å²) in [7, 11) is -3.05. The van der Waals surface area contributed by atoms with Gasteiger partial charge in [0.25, 0.3) is 0 Å². The smallest absolute Gasteiger partial charge is 0.320 e. The number of carbonyl (C=O) groups is 1. The summed E-state index contributed by atoms with van der Waals surface area (Å²) in [6.07, 6.45) is 1.57. The van der Waals surface area contributed by atoms with Crippen molar-refractivity contribution >= 4 is 15.8 Å². The molecule has 1 rings (SSSR count). The maximum absolute atomic E-state index is 11.3. The van der Waals surface area contributed by atoms with Crippen LogP contribution in [0.25, 0.3) is 0 Å². The number of nitrogens with zero attached hydrogens (tertiary/aromatic N) is 3. The minimum absolute atomic E-state index is 0.0166. The van der Waals surface area contributed by atoms with E-state index in [0.717, 1.165) is 0 Å². The largest absolute Gasteiger partial charge is 0.480 e. The van der Waals surface area contributed by atoms with Crippen LogP contribution >= 0.6 is 0 Å². The molecule has 0 aliphatic heterocycles. The fourth-order valence-electron chi connectivity index (χ4n) is 1.23. The van der Waals surface area contributed by atoms with Gasteiger partial charge in [0.1, 0.15) is 6.04 Å². The van der Waals surface area contributed by atoms with E-state index in [-0.39, 0.29) is 24.5 Å². The first-order chi connectivity index (χ1) is 8.34. The Labute approximate surface area is 105 Å². The highest BCUT2D eigenvalue weighted by atomic mass is 32.2. The summed E-state index contributed by atoms with van der Waals surface area (Å²) >= 11 is 0. The number of rotatable bonds is 7. The van der Waals surface area contributed by atoms with E-state index in [4.69, 9.17) is 10.8 Å². The van der Waals surface area contributed by atoms with Crippen LogP contribution in [0.5, 0.6) is 0 Å². The van der Waals surface area contributed by atoms with Gasteiger partial charge in [0.05, 0.1) is 18.0 Å². The third kappa shape index (κ3) is 4.41. The second kappa shape index (κ2) is 5.91. The SMILES string of the molecule is CCS(=O)(=O)CCn1cc(CC(N)C(=O)O)nn1. The molecule has 9 heteroatoms. The molecule has 0 spiro atoms. The first kappa shape index (κ1) is 14.6. The van der Waals surface area contributed by atoms with Crippen LogP contribution in [0.1, 0.15) is 12.6 Å². The molecule has 102 valence electrons. The van der Waals surface area contributed by atoms with Gasteiger partial charge >= 0.3 is 5.97 Å². The Morgan fingerprint density at radius 3 is 2.83 bits per heavy atom. The molecular weight excluding hydrogens is 260 g/mol. The minimum atomic E-state index is -3.05. The molecule has 0 fully saturated rings. The molecule has 1 atom stereocenters. The zero-order chi connectivity index (χ0) is 13.8. The van der Waals surface area contributed by atoms with Crippen LogP contribution in [0.15, 0.2) is 6.20 Å². The van der Waals surface area contributed by atoms with Crippen LogP contribution in [0, 0.1) is 0 Å². The lowest BCUT2D eigenvalue weighted by Crippen LogP contribution is -2.32. The predicted molar refractivity (Wildman–Crippen MR) is 63.7 cm³/mol. The molecule has 0 aromatic carbocycles. The number of hydrogen-bond donors (Lipinski definition) is 2. The van der Waals surface area contributed by atoms with Crippen molar-refractivity contribution in [3.8, 4) is 0 Å². The summed E-state index contributed by atoms with van der Waals surface area (Å²) in [6, 6.07) is -1.03. The topological polar surface area (TPSA) is 128 Å². The molecule has 0 saturated carbocycles. The van der Waals surface area contributed by atoms with Crippen molar-refractivity contribution in [2.45, 2.75) is 25.9 Å². The lowest BCUT2D eigenvalue weighted by atomic mass is 10.2. The molecule has 1 aromatic rings. The summed E-state index contributed by atoms with van der Waals surface area (Å²) in [5.41, 5.74) is 5.78. The number of hydrogen-bond acceptors (Lipinski definition) is 6. The summed E-state index contributed by atoms with van der Waals surface area (Å²) in [5, 5.41) is 16.1. The lowest BCUT2D eigenvalue weighted by molar-refractivity contribution is -0.138. The highest BCUT2D eigenvalue weighted by Gasteiger charge is 2.15. The summed E-state index contributed by atoms with van der Waals surface area (Å²) < 4.78 is 23.9. The minimum Gasteiger partial charge on any atom is -0.480 e. The Morgan fingerprint density at radius 2 is 2.28 bits per heavy atom. The van der Waals surface area contributed by atoms with Gasteiger partial charge in [-0.05, 0) is 0 Å². The van der Waals surface area contributed by atoms with E-state index < -0.39 is 21.8 Å². The molecule has 3 N–H and O–H groups in total.